The van der Waals surface area contributed by atoms with Gasteiger partial charge in [0.2, 0.25) is 5.91 Å². The molecule has 0 rings (SSSR count). The van der Waals surface area contributed by atoms with Crippen molar-refractivity contribution in [1.29, 1.82) is 0 Å². The summed E-state index contributed by atoms with van der Waals surface area (Å²) in [7, 11) is 1.81. The van der Waals surface area contributed by atoms with E-state index in [0.29, 0.717) is 12.5 Å². The van der Waals surface area contributed by atoms with Gasteiger partial charge in [0, 0.05) is 26.1 Å². The van der Waals surface area contributed by atoms with E-state index in [4.69, 9.17) is 16.3 Å². The van der Waals surface area contributed by atoms with E-state index in [0.717, 1.165) is 25.8 Å². The van der Waals surface area contributed by atoms with Crippen LogP contribution in [0.25, 0.3) is 0 Å². The van der Waals surface area contributed by atoms with Gasteiger partial charge >= 0.3 is 0 Å². The molecule has 0 atom stereocenters. The number of carbonyl (C=O) groups excluding carboxylic acids is 1. The summed E-state index contributed by atoms with van der Waals surface area (Å²) in [4.78, 5) is 13.1. The number of halogens is 1. The molecular weight excluding hydrogens is 202 g/mol. The molecule has 0 aromatic carbocycles. The van der Waals surface area contributed by atoms with Crippen molar-refractivity contribution in [2.45, 2.75) is 26.2 Å². The maximum absolute atomic E-state index is 11.3. The SMILES string of the molecule is CCOCC(=O)N(C)CCCCCCl. The number of hydrogen-bond donors (Lipinski definition) is 0. The maximum Gasteiger partial charge on any atom is 0.248 e. The van der Waals surface area contributed by atoms with Gasteiger partial charge in [-0.2, -0.15) is 0 Å². The van der Waals surface area contributed by atoms with Crippen molar-refractivity contribution in [3.8, 4) is 0 Å². The summed E-state index contributed by atoms with van der Waals surface area (Å²) >= 11 is 5.55. The van der Waals surface area contributed by atoms with Crippen molar-refractivity contribution >= 4 is 17.5 Å². The molecule has 0 aromatic heterocycles. The molecule has 0 fully saturated rings. The average Bonchev–Trinajstić information content (AvgIpc) is 2.20. The van der Waals surface area contributed by atoms with Crippen LogP contribution in [0.1, 0.15) is 26.2 Å². The van der Waals surface area contributed by atoms with Gasteiger partial charge in [-0.1, -0.05) is 6.42 Å². The first-order chi connectivity index (χ1) is 6.72. The van der Waals surface area contributed by atoms with E-state index in [1.165, 1.54) is 0 Å². The van der Waals surface area contributed by atoms with Gasteiger partial charge in [-0.3, -0.25) is 4.79 Å². The van der Waals surface area contributed by atoms with Crippen LogP contribution in [0.5, 0.6) is 0 Å². The van der Waals surface area contributed by atoms with Crippen LogP contribution in [0.15, 0.2) is 0 Å². The number of nitrogens with zero attached hydrogens (tertiary/aromatic N) is 1. The Balaban J connectivity index is 3.42. The van der Waals surface area contributed by atoms with Crippen LogP contribution in [0, 0.1) is 0 Å². The molecule has 14 heavy (non-hydrogen) atoms. The van der Waals surface area contributed by atoms with E-state index in [1.54, 1.807) is 4.90 Å². The molecule has 4 heteroatoms. The minimum Gasteiger partial charge on any atom is -0.372 e. The number of alkyl halides is 1. The number of carbonyl (C=O) groups is 1. The fraction of sp³-hybridized carbons (Fsp3) is 0.900. The molecule has 0 saturated heterocycles. The predicted octanol–water partition coefficient (Wildman–Crippen LogP) is 1.89. The first-order valence-corrected chi connectivity index (χ1v) is 5.63. The van der Waals surface area contributed by atoms with E-state index in [9.17, 15) is 4.79 Å². The van der Waals surface area contributed by atoms with E-state index in [2.05, 4.69) is 0 Å². The fourth-order valence-corrected chi connectivity index (χ4v) is 1.23. The van der Waals surface area contributed by atoms with Crippen LogP contribution in [0.4, 0.5) is 0 Å². The van der Waals surface area contributed by atoms with Crippen molar-refractivity contribution in [2.75, 3.05) is 32.7 Å². The third kappa shape index (κ3) is 7.15. The lowest BCUT2D eigenvalue weighted by Gasteiger charge is -2.16. The number of rotatable bonds is 8. The first kappa shape index (κ1) is 13.7. The summed E-state index contributed by atoms with van der Waals surface area (Å²) < 4.78 is 5.03. The number of amides is 1. The number of hydrogen-bond acceptors (Lipinski definition) is 2. The van der Waals surface area contributed by atoms with Gasteiger partial charge in [0.1, 0.15) is 6.61 Å². The first-order valence-electron chi connectivity index (χ1n) is 5.10. The zero-order valence-corrected chi connectivity index (χ0v) is 9.85. The van der Waals surface area contributed by atoms with Gasteiger partial charge in [-0.25, -0.2) is 0 Å². The quantitative estimate of drug-likeness (QED) is 0.463. The van der Waals surface area contributed by atoms with Gasteiger partial charge in [0.05, 0.1) is 0 Å². The van der Waals surface area contributed by atoms with E-state index >= 15 is 0 Å². The Morgan fingerprint density at radius 1 is 1.36 bits per heavy atom. The van der Waals surface area contributed by atoms with Crippen LogP contribution < -0.4 is 0 Å². The molecule has 0 spiro atoms. The summed E-state index contributed by atoms with van der Waals surface area (Å²) in [5, 5.41) is 0. The zero-order valence-electron chi connectivity index (χ0n) is 9.09. The normalized spacial score (nSPS) is 10.2. The number of unbranched alkanes of at least 4 members (excludes halogenated alkanes) is 2. The molecule has 1 amide bonds. The van der Waals surface area contributed by atoms with Crippen molar-refractivity contribution in [3.63, 3.8) is 0 Å². The molecule has 0 bridgehead atoms. The van der Waals surface area contributed by atoms with Crippen LogP contribution in [-0.2, 0) is 9.53 Å². The average molecular weight is 222 g/mol. The Bertz CT molecular complexity index is 153. The smallest absolute Gasteiger partial charge is 0.248 e. The minimum atomic E-state index is 0.0534. The Kier molecular flexibility index (Phi) is 9.10. The molecule has 0 N–H and O–H groups in total. The molecule has 0 heterocycles. The molecule has 0 aliphatic rings. The van der Waals surface area contributed by atoms with Crippen molar-refractivity contribution in [1.82, 2.24) is 4.90 Å². The molecule has 0 aliphatic carbocycles. The highest BCUT2D eigenvalue weighted by atomic mass is 35.5. The molecule has 0 radical (unpaired) electrons. The largest absolute Gasteiger partial charge is 0.372 e. The van der Waals surface area contributed by atoms with Crippen LogP contribution in [-0.4, -0.2) is 43.5 Å². The highest BCUT2D eigenvalue weighted by Crippen LogP contribution is 1.99. The van der Waals surface area contributed by atoms with E-state index < -0.39 is 0 Å². The predicted molar refractivity (Wildman–Crippen MR) is 58.7 cm³/mol. The third-order valence-electron chi connectivity index (χ3n) is 1.98. The van der Waals surface area contributed by atoms with E-state index in [1.807, 2.05) is 14.0 Å². The number of ether oxygens (including phenoxy) is 1. The minimum absolute atomic E-state index is 0.0534. The molecule has 0 saturated carbocycles. The van der Waals surface area contributed by atoms with E-state index in [-0.39, 0.29) is 12.5 Å². The summed E-state index contributed by atoms with van der Waals surface area (Å²) in [5.41, 5.74) is 0. The monoisotopic (exact) mass is 221 g/mol. The van der Waals surface area contributed by atoms with Gasteiger partial charge in [0.25, 0.3) is 0 Å². The molecule has 0 unspecified atom stereocenters. The summed E-state index contributed by atoms with van der Waals surface area (Å²) in [5.74, 6) is 0.758. The maximum atomic E-state index is 11.3. The Morgan fingerprint density at radius 3 is 2.64 bits per heavy atom. The lowest BCUT2D eigenvalue weighted by molar-refractivity contribution is -0.134. The zero-order chi connectivity index (χ0) is 10.8. The molecule has 0 aliphatic heterocycles. The fourth-order valence-electron chi connectivity index (χ4n) is 1.04. The van der Waals surface area contributed by atoms with Crippen LogP contribution in [0.3, 0.4) is 0 Å². The standard InChI is InChI=1S/C10H20ClNO2/c1-3-14-9-10(13)12(2)8-6-4-5-7-11/h3-9H2,1-2H3. The van der Waals surface area contributed by atoms with Gasteiger partial charge in [-0.05, 0) is 19.8 Å². The van der Waals surface area contributed by atoms with Crippen molar-refractivity contribution < 1.29 is 9.53 Å². The van der Waals surface area contributed by atoms with Crippen molar-refractivity contribution in [2.24, 2.45) is 0 Å². The molecular formula is C10H20ClNO2. The van der Waals surface area contributed by atoms with Crippen LogP contribution >= 0.6 is 11.6 Å². The third-order valence-corrected chi connectivity index (χ3v) is 2.25. The molecule has 0 aromatic rings. The summed E-state index contributed by atoms with van der Waals surface area (Å²) in [6.45, 7) is 3.46. The van der Waals surface area contributed by atoms with Crippen molar-refractivity contribution in [3.05, 3.63) is 0 Å². The Hall–Kier alpha value is -0.280. The lowest BCUT2D eigenvalue weighted by atomic mass is 10.2. The van der Waals surface area contributed by atoms with Crippen LogP contribution in [0.2, 0.25) is 0 Å². The second-order valence-electron chi connectivity index (χ2n) is 3.20. The molecule has 84 valence electrons. The second kappa shape index (κ2) is 9.28. The highest BCUT2D eigenvalue weighted by Gasteiger charge is 2.06. The highest BCUT2D eigenvalue weighted by molar-refractivity contribution is 6.17. The molecule has 3 nitrogen and oxygen atoms in total. The summed E-state index contributed by atoms with van der Waals surface area (Å²) in [6, 6.07) is 0. The Morgan fingerprint density at radius 2 is 2.07 bits per heavy atom. The topological polar surface area (TPSA) is 29.5 Å². The lowest BCUT2D eigenvalue weighted by Crippen LogP contribution is -2.31. The van der Waals surface area contributed by atoms with Gasteiger partial charge < -0.3 is 9.64 Å². The summed E-state index contributed by atoms with van der Waals surface area (Å²) in [6.07, 6.45) is 3.12. The number of likely N-dealkylation sites (N-methyl/N-ethyl adjacent to an activating group) is 1. The second-order valence-corrected chi connectivity index (χ2v) is 3.58. The van der Waals surface area contributed by atoms with Gasteiger partial charge in [0.15, 0.2) is 0 Å². The Labute approximate surface area is 91.4 Å². The van der Waals surface area contributed by atoms with Gasteiger partial charge in [-0.15, -0.1) is 11.6 Å².